The molecular formula is C27H24ClN3O5S. The molecule has 0 amide bonds. The van der Waals surface area contributed by atoms with Crippen LogP contribution in [-0.4, -0.2) is 41.4 Å². The molecule has 37 heavy (non-hydrogen) atoms. The molecule has 2 unspecified atom stereocenters. The van der Waals surface area contributed by atoms with Crippen molar-refractivity contribution in [3.05, 3.63) is 102 Å². The molecule has 4 aromatic rings. The Kier molecular flexibility index (Phi) is 6.76. The summed E-state index contributed by atoms with van der Waals surface area (Å²) < 4.78 is 36.3. The highest BCUT2D eigenvalue weighted by Gasteiger charge is 2.63. The monoisotopic (exact) mass is 537 g/mol. The summed E-state index contributed by atoms with van der Waals surface area (Å²) in [4.78, 5) is 12.2. The van der Waals surface area contributed by atoms with E-state index < -0.39 is 27.4 Å². The molecule has 2 atom stereocenters. The van der Waals surface area contributed by atoms with Crippen molar-refractivity contribution < 1.29 is 23.1 Å². The Bertz CT molecular complexity index is 1510. The maximum atomic E-state index is 13.2. The highest BCUT2D eigenvalue weighted by molar-refractivity contribution is 7.89. The number of hydrogen-bond donors (Lipinski definition) is 2. The molecule has 10 heteroatoms. The molecule has 0 aliphatic heterocycles. The van der Waals surface area contributed by atoms with Gasteiger partial charge in [-0.05, 0) is 65.6 Å². The van der Waals surface area contributed by atoms with E-state index in [4.69, 9.17) is 16.3 Å². The van der Waals surface area contributed by atoms with Crippen molar-refractivity contribution in [1.29, 1.82) is 0 Å². The summed E-state index contributed by atoms with van der Waals surface area (Å²) in [5, 5.41) is 14.7. The van der Waals surface area contributed by atoms with Crippen molar-refractivity contribution in [3.8, 4) is 16.9 Å². The number of rotatable bonds is 10. The van der Waals surface area contributed by atoms with E-state index in [1.165, 1.54) is 12.1 Å². The van der Waals surface area contributed by atoms with Crippen LogP contribution in [0.1, 0.15) is 17.9 Å². The first-order valence-electron chi connectivity index (χ1n) is 11.6. The smallest absolute Gasteiger partial charge is 0.325 e. The quantitative estimate of drug-likeness (QED) is 0.306. The fourth-order valence-electron chi connectivity index (χ4n) is 4.34. The number of ether oxygens (including phenoxy) is 1. The average molecular weight is 538 g/mol. The molecule has 190 valence electrons. The summed E-state index contributed by atoms with van der Waals surface area (Å²) in [6, 6.07) is 22.4. The van der Waals surface area contributed by atoms with Crippen LogP contribution in [0.4, 0.5) is 0 Å². The van der Waals surface area contributed by atoms with Crippen LogP contribution >= 0.6 is 11.6 Å². The molecule has 1 aliphatic carbocycles. The van der Waals surface area contributed by atoms with Crippen LogP contribution in [0.15, 0.2) is 96.2 Å². The fraction of sp³-hybridized carbons (Fsp3) is 0.185. The van der Waals surface area contributed by atoms with Gasteiger partial charge in [-0.3, -0.25) is 9.48 Å². The molecule has 1 saturated carbocycles. The Labute approximate surface area is 219 Å². The highest BCUT2D eigenvalue weighted by Crippen LogP contribution is 2.53. The third kappa shape index (κ3) is 5.39. The molecule has 0 spiro atoms. The van der Waals surface area contributed by atoms with E-state index in [-0.39, 0.29) is 11.3 Å². The lowest BCUT2D eigenvalue weighted by atomic mass is 10.1. The van der Waals surface area contributed by atoms with Gasteiger partial charge in [0.15, 0.2) is 0 Å². The average Bonchev–Trinajstić information content (AvgIpc) is 3.37. The van der Waals surface area contributed by atoms with E-state index >= 15 is 0 Å². The van der Waals surface area contributed by atoms with E-state index in [0.29, 0.717) is 29.5 Å². The Balaban J connectivity index is 1.29. The second-order valence-corrected chi connectivity index (χ2v) is 11.0. The van der Waals surface area contributed by atoms with Gasteiger partial charge in [-0.1, -0.05) is 48.0 Å². The maximum Gasteiger partial charge on any atom is 0.325 e. The summed E-state index contributed by atoms with van der Waals surface area (Å²) in [5.41, 5.74) is 0.774. The Morgan fingerprint density at radius 2 is 1.78 bits per heavy atom. The summed E-state index contributed by atoms with van der Waals surface area (Å²) in [5.74, 6) is -1.16. The van der Waals surface area contributed by atoms with Crippen molar-refractivity contribution in [1.82, 2.24) is 14.5 Å². The van der Waals surface area contributed by atoms with Gasteiger partial charge in [0.2, 0.25) is 10.0 Å². The largest absolute Gasteiger partial charge is 0.492 e. The molecule has 1 fully saturated rings. The van der Waals surface area contributed by atoms with Gasteiger partial charge in [0.1, 0.15) is 17.9 Å². The number of halogens is 1. The van der Waals surface area contributed by atoms with E-state index in [2.05, 4.69) is 9.82 Å². The van der Waals surface area contributed by atoms with E-state index in [0.717, 1.165) is 11.1 Å². The zero-order chi connectivity index (χ0) is 26.0. The van der Waals surface area contributed by atoms with Gasteiger partial charge in [0.05, 0.1) is 11.4 Å². The second kappa shape index (κ2) is 10.0. The number of carboxylic acid groups (broad SMARTS) is 1. The van der Waals surface area contributed by atoms with Crippen LogP contribution in [-0.2, 0) is 21.4 Å². The molecule has 8 nitrogen and oxygen atoms in total. The minimum atomic E-state index is -4.09. The molecule has 0 bridgehead atoms. The molecule has 1 aromatic heterocycles. The van der Waals surface area contributed by atoms with Crippen LogP contribution < -0.4 is 9.46 Å². The number of carboxylic acids is 1. The lowest BCUT2D eigenvalue weighted by Crippen LogP contribution is -2.44. The first-order valence-corrected chi connectivity index (χ1v) is 13.5. The fourth-order valence-corrected chi connectivity index (χ4v) is 5.87. The zero-order valence-corrected chi connectivity index (χ0v) is 21.2. The molecular weight excluding hydrogens is 514 g/mol. The van der Waals surface area contributed by atoms with Crippen LogP contribution in [0, 0.1) is 0 Å². The zero-order valence-electron chi connectivity index (χ0n) is 19.6. The van der Waals surface area contributed by atoms with Gasteiger partial charge in [-0.25, -0.2) is 8.42 Å². The summed E-state index contributed by atoms with van der Waals surface area (Å²) >= 11 is 5.94. The number of hydrogen-bond acceptors (Lipinski definition) is 5. The molecule has 0 radical (unpaired) electrons. The van der Waals surface area contributed by atoms with E-state index in [1.807, 2.05) is 24.4 Å². The first-order chi connectivity index (χ1) is 17.8. The van der Waals surface area contributed by atoms with Crippen LogP contribution in [0.25, 0.3) is 11.1 Å². The Morgan fingerprint density at radius 3 is 2.43 bits per heavy atom. The first kappa shape index (κ1) is 25.0. The van der Waals surface area contributed by atoms with Crippen molar-refractivity contribution in [2.75, 3.05) is 6.61 Å². The Morgan fingerprint density at radius 1 is 1.08 bits per heavy atom. The molecule has 2 N–H and O–H groups in total. The molecule has 3 aromatic carbocycles. The molecule has 1 aliphatic rings. The second-order valence-electron chi connectivity index (χ2n) is 8.86. The number of benzene rings is 3. The van der Waals surface area contributed by atoms with Crippen LogP contribution in [0.2, 0.25) is 5.02 Å². The SMILES string of the molecule is O=C(O)C1(NS(=O)(=O)c2ccc(-c3ccc(Cl)cc3)cc2)CC1c1cccc(OCCn2cccn2)c1. The van der Waals surface area contributed by atoms with Crippen LogP contribution in [0.3, 0.4) is 0 Å². The minimum absolute atomic E-state index is 0.00723. The van der Waals surface area contributed by atoms with Crippen molar-refractivity contribution in [2.45, 2.75) is 29.3 Å². The number of sulfonamides is 1. The van der Waals surface area contributed by atoms with Gasteiger partial charge >= 0.3 is 5.97 Å². The number of nitrogens with zero attached hydrogens (tertiary/aromatic N) is 2. The van der Waals surface area contributed by atoms with Crippen LogP contribution in [0.5, 0.6) is 5.75 Å². The number of nitrogens with one attached hydrogen (secondary N) is 1. The van der Waals surface area contributed by atoms with Gasteiger partial charge in [0.25, 0.3) is 0 Å². The summed E-state index contributed by atoms with van der Waals surface area (Å²) in [6.45, 7) is 0.953. The number of aromatic nitrogens is 2. The van der Waals surface area contributed by atoms with Gasteiger partial charge < -0.3 is 9.84 Å². The summed E-state index contributed by atoms with van der Waals surface area (Å²) in [7, 11) is -4.09. The van der Waals surface area contributed by atoms with Crippen molar-refractivity contribution in [2.24, 2.45) is 0 Å². The Hall–Kier alpha value is -3.66. The van der Waals surface area contributed by atoms with E-state index in [9.17, 15) is 18.3 Å². The number of aliphatic carboxylic acids is 1. The molecule has 0 saturated heterocycles. The number of carbonyl (C=O) groups is 1. The summed E-state index contributed by atoms with van der Waals surface area (Å²) in [6.07, 6.45) is 3.66. The van der Waals surface area contributed by atoms with Gasteiger partial charge in [0, 0.05) is 23.3 Å². The predicted molar refractivity (Wildman–Crippen MR) is 139 cm³/mol. The highest BCUT2D eigenvalue weighted by atomic mass is 35.5. The lowest BCUT2D eigenvalue weighted by Gasteiger charge is -2.16. The van der Waals surface area contributed by atoms with Gasteiger partial charge in [-0.2, -0.15) is 9.82 Å². The van der Waals surface area contributed by atoms with Gasteiger partial charge in [-0.15, -0.1) is 0 Å². The minimum Gasteiger partial charge on any atom is -0.492 e. The molecule has 1 heterocycles. The van der Waals surface area contributed by atoms with Crippen molar-refractivity contribution in [3.63, 3.8) is 0 Å². The third-order valence-electron chi connectivity index (χ3n) is 6.41. The lowest BCUT2D eigenvalue weighted by molar-refractivity contribution is -0.140. The standard InChI is InChI=1S/C27H24ClN3O5S/c28-22-9-5-19(6-10-22)20-7-11-24(12-8-20)37(34,35)30-27(26(32)33)18-25(27)21-3-1-4-23(17-21)36-16-15-31-14-2-13-29-31/h1-14,17,25,30H,15-16,18H2,(H,32,33). The van der Waals surface area contributed by atoms with E-state index in [1.54, 1.807) is 59.4 Å². The maximum absolute atomic E-state index is 13.2. The normalized spacial score (nSPS) is 18.9. The topological polar surface area (TPSA) is 111 Å². The van der Waals surface area contributed by atoms with Crippen molar-refractivity contribution >= 4 is 27.6 Å². The third-order valence-corrected chi connectivity index (χ3v) is 8.19. The molecule has 5 rings (SSSR count). The predicted octanol–water partition coefficient (Wildman–Crippen LogP) is 4.57.